The van der Waals surface area contributed by atoms with Crippen LogP contribution in [0.15, 0.2) is 36.4 Å². The molecule has 14 heavy (non-hydrogen) atoms. The number of nitro benzene ring substituents is 1. The van der Waals surface area contributed by atoms with Gasteiger partial charge in [-0.15, -0.1) is 0 Å². The fourth-order valence-corrected chi connectivity index (χ4v) is 0.964. The van der Waals surface area contributed by atoms with Crippen LogP contribution in [0.4, 0.5) is 5.69 Å². The molecule has 0 aliphatic heterocycles. The van der Waals surface area contributed by atoms with Gasteiger partial charge in [0.05, 0.1) is 4.92 Å². The van der Waals surface area contributed by atoms with Crippen LogP contribution in [0.1, 0.15) is 6.92 Å². The molecule has 0 saturated carbocycles. The largest absolute Gasteiger partial charge is 0.483 e. The molecule has 0 spiro atoms. The fraction of sp³-hybridized carbons (Fsp3) is 0.200. The second-order valence-corrected chi connectivity index (χ2v) is 2.60. The van der Waals surface area contributed by atoms with Crippen LogP contribution in [0.5, 0.6) is 5.75 Å². The Kier molecular flexibility index (Phi) is 3.67. The molecule has 0 saturated heterocycles. The van der Waals surface area contributed by atoms with Crippen molar-refractivity contribution < 1.29 is 9.66 Å². The van der Waals surface area contributed by atoms with Crippen LogP contribution in [0.2, 0.25) is 0 Å². The molecular weight excluding hydrogens is 182 g/mol. The number of benzene rings is 1. The Morgan fingerprint density at radius 1 is 1.50 bits per heavy atom. The molecule has 0 bridgehead atoms. The first kappa shape index (κ1) is 10.2. The minimum absolute atomic E-state index is 0.00277. The van der Waals surface area contributed by atoms with Crippen molar-refractivity contribution in [1.29, 1.82) is 0 Å². The minimum Gasteiger partial charge on any atom is -0.483 e. The average Bonchev–Trinajstić information content (AvgIpc) is 2.19. The van der Waals surface area contributed by atoms with Gasteiger partial charge < -0.3 is 4.74 Å². The van der Waals surface area contributed by atoms with Crippen LogP contribution in [-0.2, 0) is 0 Å². The second kappa shape index (κ2) is 5.01. The van der Waals surface area contributed by atoms with Gasteiger partial charge in [0.2, 0.25) is 0 Å². The van der Waals surface area contributed by atoms with E-state index < -0.39 is 4.92 Å². The first-order valence-corrected chi connectivity index (χ1v) is 4.23. The van der Waals surface area contributed by atoms with Gasteiger partial charge in [0, 0.05) is 6.07 Å². The van der Waals surface area contributed by atoms with E-state index in [9.17, 15) is 10.1 Å². The maximum atomic E-state index is 10.6. The van der Waals surface area contributed by atoms with Crippen molar-refractivity contribution in [3.63, 3.8) is 0 Å². The Morgan fingerprint density at radius 3 is 2.86 bits per heavy atom. The van der Waals surface area contributed by atoms with E-state index >= 15 is 0 Å². The van der Waals surface area contributed by atoms with Gasteiger partial charge in [-0.2, -0.15) is 0 Å². The Hall–Kier alpha value is -1.84. The van der Waals surface area contributed by atoms with Gasteiger partial charge in [-0.1, -0.05) is 24.3 Å². The molecule has 0 radical (unpaired) electrons. The number of nitro groups is 1. The molecule has 0 fully saturated rings. The van der Waals surface area contributed by atoms with E-state index in [0.29, 0.717) is 12.4 Å². The van der Waals surface area contributed by atoms with E-state index in [0.717, 1.165) is 0 Å². The van der Waals surface area contributed by atoms with E-state index in [1.807, 2.05) is 13.0 Å². The fourth-order valence-electron chi connectivity index (χ4n) is 0.964. The van der Waals surface area contributed by atoms with Crippen molar-refractivity contribution in [2.75, 3.05) is 6.61 Å². The highest BCUT2D eigenvalue weighted by atomic mass is 16.6. The molecule has 1 rings (SSSR count). The Bertz CT molecular complexity index is 347. The first-order chi connectivity index (χ1) is 6.75. The standard InChI is InChI=1S/C10H11NO3/c1-2-3-8-14-10-7-5-4-6-9(10)11(12)13/h2-7H,8H2,1H3/b3-2-. The van der Waals surface area contributed by atoms with E-state index in [4.69, 9.17) is 4.74 Å². The summed E-state index contributed by atoms with van der Waals surface area (Å²) in [6.07, 6.45) is 3.62. The lowest BCUT2D eigenvalue weighted by molar-refractivity contribution is -0.385. The summed E-state index contributed by atoms with van der Waals surface area (Å²) < 4.78 is 5.21. The van der Waals surface area contributed by atoms with Crippen LogP contribution in [-0.4, -0.2) is 11.5 Å². The predicted molar refractivity (Wildman–Crippen MR) is 53.4 cm³/mol. The molecule has 74 valence electrons. The van der Waals surface area contributed by atoms with Gasteiger partial charge in [-0.05, 0) is 13.0 Å². The molecule has 1 aromatic rings. The SMILES string of the molecule is C/C=C\COc1ccccc1[N+](=O)[O-]. The summed E-state index contributed by atoms with van der Waals surface area (Å²) in [5.41, 5.74) is -0.00277. The summed E-state index contributed by atoms with van der Waals surface area (Å²) in [6.45, 7) is 2.21. The molecule has 0 unspecified atom stereocenters. The van der Waals surface area contributed by atoms with Crippen molar-refractivity contribution in [3.8, 4) is 5.75 Å². The molecular formula is C10H11NO3. The lowest BCUT2D eigenvalue weighted by Crippen LogP contribution is -1.97. The van der Waals surface area contributed by atoms with Gasteiger partial charge in [-0.3, -0.25) is 10.1 Å². The number of ether oxygens (including phenoxy) is 1. The summed E-state index contributed by atoms with van der Waals surface area (Å²) in [7, 11) is 0. The average molecular weight is 193 g/mol. The lowest BCUT2D eigenvalue weighted by Gasteiger charge is -2.02. The Labute approximate surface area is 82.0 Å². The molecule has 0 amide bonds. The lowest BCUT2D eigenvalue weighted by atomic mass is 10.3. The number of hydrogen-bond donors (Lipinski definition) is 0. The number of nitrogens with zero attached hydrogens (tertiary/aromatic N) is 1. The third kappa shape index (κ3) is 2.58. The van der Waals surface area contributed by atoms with Crippen LogP contribution in [0.3, 0.4) is 0 Å². The van der Waals surface area contributed by atoms with Crippen molar-refractivity contribution in [2.24, 2.45) is 0 Å². The molecule has 0 heterocycles. The second-order valence-electron chi connectivity index (χ2n) is 2.60. The normalized spacial score (nSPS) is 10.4. The molecule has 0 aliphatic rings. The third-order valence-electron chi connectivity index (χ3n) is 1.63. The van der Waals surface area contributed by atoms with Crippen LogP contribution in [0.25, 0.3) is 0 Å². The van der Waals surface area contributed by atoms with Gasteiger partial charge in [-0.25, -0.2) is 0 Å². The summed E-state index contributed by atoms with van der Waals surface area (Å²) >= 11 is 0. The van der Waals surface area contributed by atoms with Gasteiger partial charge in [0.25, 0.3) is 0 Å². The van der Waals surface area contributed by atoms with E-state index in [1.165, 1.54) is 6.07 Å². The van der Waals surface area contributed by atoms with Crippen LogP contribution >= 0.6 is 0 Å². The monoisotopic (exact) mass is 193 g/mol. The highest BCUT2D eigenvalue weighted by Gasteiger charge is 2.12. The highest BCUT2D eigenvalue weighted by molar-refractivity contribution is 5.45. The molecule has 0 atom stereocenters. The zero-order chi connectivity index (χ0) is 10.4. The minimum atomic E-state index is -0.453. The van der Waals surface area contributed by atoms with Gasteiger partial charge in [0.15, 0.2) is 5.75 Å². The van der Waals surface area contributed by atoms with Gasteiger partial charge in [0.1, 0.15) is 6.61 Å². The summed E-state index contributed by atoms with van der Waals surface area (Å²) in [5.74, 6) is 0.301. The van der Waals surface area contributed by atoms with Crippen LogP contribution in [0, 0.1) is 10.1 Å². The topological polar surface area (TPSA) is 52.4 Å². The number of hydrogen-bond acceptors (Lipinski definition) is 3. The predicted octanol–water partition coefficient (Wildman–Crippen LogP) is 2.55. The molecule has 0 aliphatic carbocycles. The summed E-state index contributed by atoms with van der Waals surface area (Å²) in [5, 5.41) is 10.6. The summed E-state index contributed by atoms with van der Waals surface area (Å²) in [4.78, 5) is 10.1. The maximum absolute atomic E-state index is 10.6. The number of para-hydroxylation sites is 2. The Morgan fingerprint density at radius 2 is 2.21 bits per heavy atom. The molecule has 0 aromatic heterocycles. The van der Waals surface area contributed by atoms with Crippen molar-refractivity contribution in [1.82, 2.24) is 0 Å². The van der Waals surface area contributed by atoms with E-state index in [2.05, 4.69) is 0 Å². The highest BCUT2D eigenvalue weighted by Crippen LogP contribution is 2.25. The van der Waals surface area contributed by atoms with E-state index in [-0.39, 0.29) is 5.69 Å². The molecule has 4 nitrogen and oxygen atoms in total. The number of allylic oxidation sites excluding steroid dienone is 1. The smallest absolute Gasteiger partial charge is 0.310 e. The quantitative estimate of drug-likeness (QED) is 0.419. The third-order valence-corrected chi connectivity index (χ3v) is 1.63. The molecule has 0 N–H and O–H groups in total. The van der Waals surface area contributed by atoms with E-state index in [1.54, 1.807) is 24.3 Å². The summed E-state index contributed by atoms with van der Waals surface area (Å²) in [6, 6.07) is 6.32. The number of rotatable bonds is 4. The van der Waals surface area contributed by atoms with Crippen molar-refractivity contribution in [3.05, 3.63) is 46.5 Å². The maximum Gasteiger partial charge on any atom is 0.310 e. The molecule has 1 aromatic carbocycles. The van der Waals surface area contributed by atoms with Crippen molar-refractivity contribution in [2.45, 2.75) is 6.92 Å². The van der Waals surface area contributed by atoms with Crippen molar-refractivity contribution >= 4 is 5.69 Å². The van der Waals surface area contributed by atoms with Crippen LogP contribution < -0.4 is 4.74 Å². The first-order valence-electron chi connectivity index (χ1n) is 4.23. The van der Waals surface area contributed by atoms with Gasteiger partial charge >= 0.3 is 5.69 Å². The zero-order valence-corrected chi connectivity index (χ0v) is 7.84. The Balaban J connectivity index is 2.79. The zero-order valence-electron chi connectivity index (χ0n) is 7.84. The molecule has 4 heteroatoms.